The summed E-state index contributed by atoms with van der Waals surface area (Å²) in [6, 6.07) is 18.6. The molecule has 33 heavy (non-hydrogen) atoms. The fourth-order valence-electron chi connectivity index (χ4n) is 3.34. The molecule has 0 spiro atoms. The van der Waals surface area contributed by atoms with E-state index in [-0.39, 0.29) is 5.91 Å². The standard InChI is InChI=1S/C23H21N3O3.C3H9N/c1-15-22(25-21-10-6-7-13-26(15)21)17-8-4-5-9-18(17)24-23(27)16-11-12-19(28-2)20(14-16)29-3;1-4(2)3/h4-14H,1-3H3,(H,24,27);1-3H3. The zero-order valence-electron chi connectivity index (χ0n) is 19.9. The summed E-state index contributed by atoms with van der Waals surface area (Å²) >= 11 is 0. The van der Waals surface area contributed by atoms with Crippen molar-refractivity contribution >= 4 is 17.2 Å². The van der Waals surface area contributed by atoms with Crippen molar-refractivity contribution in [3.63, 3.8) is 0 Å². The smallest absolute Gasteiger partial charge is 0.255 e. The molecule has 2 aromatic heterocycles. The zero-order valence-corrected chi connectivity index (χ0v) is 19.9. The number of aryl methyl sites for hydroxylation is 1. The van der Waals surface area contributed by atoms with Gasteiger partial charge in [-0.2, -0.15) is 0 Å². The number of hydrogen-bond donors (Lipinski definition) is 1. The fourth-order valence-corrected chi connectivity index (χ4v) is 3.34. The number of hydrogen-bond acceptors (Lipinski definition) is 5. The van der Waals surface area contributed by atoms with E-state index in [1.54, 1.807) is 32.4 Å². The van der Waals surface area contributed by atoms with Crippen LogP contribution in [0.25, 0.3) is 16.9 Å². The Morgan fingerprint density at radius 2 is 1.61 bits per heavy atom. The van der Waals surface area contributed by atoms with Crippen LogP contribution in [0.1, 0.15) is 16.1 Å². The molecule has 0 unspecified atom stereocenters. The number of rotatable bonds is 5. The summed E-state index contributed by atoms with van der Waals surface area (Å²) in [5, 5.41) is 3.00. The number of carbonyl (C=O) groups excluding carboxylic acids is 1. The lowest BCUT2D eigenvalue weighted by molar-refractivity contribution is 0.102. The number of anilines is 1. The first kappa shape index (κ1) is 23.8. The monoisotopic (exact) mass is 446 g/mol. The van der Waals surface area contributed by atoms with Crippen molar-refractivity contribution in [3.8, 4) is 22.8 Å². The van der Waals surface area contributed by atoms with Crippen molar-refractivity contribution < 1.29 is 14.3 Å². The number of methoxy groups -OCH3 is 2. The first-order valence-electron chi connectivity index (χ1n) is 10.5. The van der Waals surface area contributed by atoms with Crippen molar-refractivity contribution in [1.29, 1.82) is 0 Å². The van der Waals surface area contributed by atoms with E-state index in [9.17, 15) is 4.79 Å². The first-order valence-corrected chi connectivity index (χ1v) is 10.5. The number of amides is 1. The van der Waals surface area contributed by atoms with Gasteiger partial charge in [0.05, 0.1) is 25.6 Å². The molecule has 2 heterocycles. The van der Waals surface area contributed by atoms with Crippen LogP contribution in [0.2, 0.25) is 0 Å². The quantitative estimate of drug-likeness (QED) is 0.479. The lowest BCUT2D eigenvalue weighted by Crippen LogP contribution is -2.13. The van der Waals surface area contributed by atoms with Gasteiger partial charge in [-0.15, -0.1) is 0 Å². The van der Waals surface area contributed by atoms with Gasteiger partial charge in [-0.25, -0.2) is 4.98 Å². The molecule has 0 saturated carbocycles. The maximum atomic E-state index is 12.9. The molecule has 2 aromatic carbocycles. The number of nitrogens with one attached hydrogen (secondary N) is 1. The second-order valence-electron chi connectivity index (χ2n) is 7.89. The summed E-state index contributed by atoms with van der Waals surface area (Å²) in [6.45, 7) is 2.02. The Kier molecular flexibility index (Phi) is 7.69. The largest absolute Gasteiger partial charge is 0.493 e. The predicted octanol–water partition coefficient (Wildman–Crippen LogP) is 4.76. The molecule has 7 nitrogen and oxygen atoms in total. The molecule has 0 saturated heterocycles. The number of ether oxygens (including phenoxy) is 2. The normalized spacial score (nSPS) is 10.5. The van der Waals surface area contributed by atoms with Crippen molar-refractivity contribution in [2.24, 2.45) is 0 Å². The maximum absolute atomic E-state index is 12.9. The Morgan fingerprint density at radius 1 is 0.939 bits per heavy atom. The molecule has 0 fully saturated rings. The van der Waals surface area contributed by atoms with Crippen LogP contribution >= 0.6 is 0 Å². The Morgan fingerprint density at radius 3 is 2.27 bits per heavy atom. The number of fused-ring (bicyclic) bond motifs is 1. The van der Waals surface area contributed by atoms with E-state index in [4.69, 9.17) is 14.5 Å². The van der Waals surface area contributed by atoms with E-state index in [0.29, 0.717) is 22.7 Å². The SMILES string of the molecule is CN(C)C.COc1ccc(C(=O)Nc2ccccc2-c2nc3ccccn3c2C)cc1OC. The zero-order chi connectivity index (χ0) is 24.0. The van der Waals surface area contributed by atoms with E-state index in [0.717, 1.165) is 22.6 Å². The highest BCUT2D eigenvalue weighted by molar-refractivity contribution is 6.06. The minimum atomic E-state index is -0.236. The number of imidazole rings is 1. The number of benzene rings is 2. The van der Waals surface area contributed by atoms with E-state index in [1.807, 2.05) is 86.0 Å². The van der Waals surface area contributed by atoms with Crippen LogP contribution < -0.4 is 14.8 Å². The summed E-state index contributed by atoms with van der Waals surface area (Å²) in [5.74, 6) is 0.842. The third-order valence-corrected chi connectivity index (χ3v) is 4.84. The van der Waals surface area contributed by atoms with Gasteiger partial charge in [0.25, 0.3) is 5.91 Å². The molecule has 0 aliphatic rings. The maximum Gasteiger partial charge on any atom is 0.255 e. The van der Waals surface area contributed by atoms with E-state index < -0.39 is 0 Å². The third-order valence-electron chi connectivity index (χ3n) is 4.84. The van der Waals surface area contributed by atoms with Crippen LogP contribution in [-0.4, -0.2) is 55.6 Å². The summed E-state index contributed by atoms with van der Waals surface area (Å²) in [7, 11) is 9.10. The van der Waals surface area contributed by atoms with Gasteiger partial charge in [-0.05, 0) is 64.5 Å². The molecule has 4 rings (SSSR count). The van der Waals surface area contributed by atoms with Gasteiger partial charge in [0.1, 0.15) is 5.65 Å². The summed E-state index contributed by atoms with van der Waals surface area (Å²) in [5.41, 5.74) is 4.74. The molecule has 7 heteroatoms. The van der Waals surface area contributed by atoms with Crippen molar-refractivity contribution in [2.75, 3.05) is 40.7 Å². The average molecular weight is 447 g/mol. The predicted molar refractivity (Wildman–Crippen MR) is 132 cm³/mol. The molecular weight excluding hydrogens is 416 g/mol. The molecule has 4 aromatic rings. The van der Waals surface area contributed by atoms with Gasteiger partial charge >= 0.3 is 0 Å². The molecule has 0 aliphatic heterocycles. The number of pyridine rings is 1. The number of aromatic nitrogens is 2. The minimum absolute atomic E-state index is 0.236. The Balaban J connectivity index is 0.000000709. The lowest BCUT2D eigenvalue weighted by Gasteiger charge is -2.12. The molecule has 0 bridgehead atoms. The van der Waals surface area contributed by atoms with Gasteiger partial charge in [-0.1, -0.05) is 24.3 Å². The van der Waals surface area contributed by atoms with Crippen LogP contribution in [0, 0.1) is 6.92 Å². The van der Waals surface area contributed by atoms with Crippen LogP contribution in [0.15, 0.2) is 66.9 Å². The van der Waals surface area contributed by atoms with Crippen LogP contribution in [0.3, 0.4) is 0 Å². The Hall–Kier alpha value is -3.84. The first-order chi connectivity index (χ1) is 15.8. The van der Waals surface area contributed by atoms with E-state index in [2.05, 4.69) is 5.32 Å². The topological polar surface area (TPSA) is 68.1 Å². The second-order valence-corrected chi connectivity index (χ2v) is 7.89. The van der Waals surface area contributed by atoms with E-state index >= 15 is 0 Å². The molecule has 0 radical (unpaired) electrons. The molecule has 172 valence electrons. The van der Waals surface area contributed by atoms with Gasteiger partial charge < -0.3 is 24.1 Å². The number of carbonyl (C=O) groups is 1. The molecule has 0 aliphatic carbocycles. The van der Waals surface area contributed by atoms with Crippen LogP contribution in [-0.2, 0) is 0 Å². The molecule has 1 N–H and O–H groups in total. The highest BCUT2D eigenvalue weighted by Gasteiger charge is 2.16. The van der Waals surface area contributed by atoms with Crippen molar-refractivity contribution in [2.45, 2.75) is 6.92 Å². The van der Waals surface area contributed by atoms with Crippen LogP contribution in [0.5, 0.6) is 11.5 Å². The fraction of sp³-hybridized carbons (Fsp3) is 0.231. The van der Waals surface area contributed by atoms with E-state index in [1.165, 1.54) is 0 Å². The Labute approximate surface area is 194 Å². The lowest BCUT2D eigenvalue weighted by atomic mass is 10.1. The summed E-state index contributed by atoms with van der Waals surface area (Å²) in [6.07, 6.45) is 1.98. The third kappa shape index (κ3) is 5.51. The molecular formula is C26H30N4O3. The van der Waals surface area contributed by atoms with Gasteiger partial charge in [-0.3, -0.25) is 4.79 Å². The average Bonchev–Trinajstić information content (AvgIpc) is 3.15. The van der Waals surface area contributed by atoms with Gasteiger partial charge in [0.15, 0.2) is 11.5 Å². The molecule has 0 atom stereocenters. The van der Waals surface area contributed by atoms with Crippen LogP contribution in [0.4, 0.5) is 5.69 Å². The number of nitrogens with zero attached hydrogens (tertiary/aromatic N) is 3. The van der Waals surface area contributed by atoms with Crippen molar-refractivity contribution in [1.82, 2.24) is 14.3 Å². The Bertz CT molecular complexity index is 1240. The molecule has 1 amide bonds. The van der Waals surface area contributed by atoms with Gasteiger partial charge in [0, 0.05) is 23.0 Å². The highest BCUT2D eigenvalue weighted by Crippen LogP contribution is 2.32. The summed E-state index contributed by atoms with van der Waals surface area (Å²) < 4.78 is 12.6. The second kappa shape index (κ2) is 10.7. The van der Waals surface area contributed by atoms with Gasteiger partial charge in [0.2, 0.25) is 0 Å². The number of para-hydroxylation sites is 1. The minimum Gasteiger partial charge on any atom is -0.493 e. The highest BCUT2D eigenvalue weighted by atomic mass is 16.5. The summed E-state index contributed by atoms with van der Waals surface area (Å²) in [4.78, 5) is 19.6. The van der Waals surface area contributed by atoms with Crippen molar-refractivity contribution in [3.05, 3.63) is 78.1 Å².